The number of hydrogen-bond donors (Lipinski definition) is 1. The van der Waals surface area contributed by atoms with Crippen LogP contribution in [0.1, 0.15) is 27.2 Å². The molecule has 6 nitrogen and oxygen atoms in total. The van der Waals surface area contributed by atoms with Gasteiger partial charge in [0.25, 0.3) is 5.91 Å². The molecular weight excluding hydrogens is 362 g/mol. The van der Waals surface area contributed by atoms with E-state index >= 15 is 0 Å². The number of benzene rings is 1. The fourth-order valence-electron chi connectivity index (χ4n) is 3.46. The third-order valence-electron chi connectivity index (χ3n) is 4.81. The van der Waals surface area contributed by atoms with Crippen LogP contribution in [0.5, 0.6) is 0 Å². The maximum absolute atomic E-state index is 12.1. The van der Waals surface area contributed by atoms with Crippen molar-refractivity contribution in [3.8, 4) is 5.82 Å². The van der Waals surface area contributed by atoms with E-state index < -0.39 is 0 Å². The van der Waals surface area contributed by atoms with Crippen LogP contribution in [0.15, 0.2) is 67.5 Å². The number of pyridine rings is 1. The lowest BCUT2D eigenvalue weighted by molar-refractivity contribution is 0.0958. The number of nitrogens with one attached hydrogen (secondary N) is 1. The molecule has 1 amide bonds. The zero-order valence-electron chi connectivity index (χ0n) is 16.6. The first-order valence-electron chi connectivity index (χ1n) is 9.53. The average Bonchev–Trinajstić information content (AvgIpc) is 3.35. The first-order chi connectivity index (χ1) is 14.1. The van der Waals surface area contributed by atoms with Crippen LogP contribution in [0.2, 0.25) is 0 Å². The van der Waals surface area contributed by atoms with Crippen molar-refractivity contribution in [2.24, 2.45) is 0 Å². The summed E-state index contributed by atoms with van der Waals surface area (Å²) in [6, 6.07) is 13.6. The maximum atomic E-state index is 12.1. The molecule has 29 heavy (non-hydrogen) atoms. The van der Waals surface area contributed by atoms with E-state index in [0.717, 1.165) is 33.7 Å². The summed E-state index contributed by atoms with van der Waals surface area (Å²) in [5.74, 6) is 0.763. The lowest BCUT2D eigenvalue weighted by Gasteiger charge is -2.06. The van der Waals surface area contributed by atoms with E-state index in [1.54, 1.807) is 6.08 Å². The molecule has 3 heterocycles. The van der Waals surface area contributed by atoms with E-state index in [-0.39, 0.29) is 5.91 Å². The summed E-state index contributed by atoms with van der Waals surface area (Å²) in [6.07, 6.45) is 5.64. The van der Waals surface area contributed by atoms with Gasteiger partial charge in [-0.25, -0.2) is 9.67 Å². The SMILES string of the molecule is C=CCNC(=O)c1ccc(Cn2nc(-n3cccc3)c3c(C)cc(C)nc32)cc1. The molecule has 1 aromatic carbocycles. The van der Waals surface area contributed by atoms with E-state index in [4.69, 9.17) is 10.1 Å². The van der Waals surface area contributed by atoms with Gasteiger partial charge in [-0.2, -0.15) is 5.10 Å². The highest BCUT2D eigenvalue weighted by atomic mass is 16.1. The van der Waals surface area contributed by atoms with Gasteiger partial charge in [-0.1, -0.05) is 18.2 Å². The van der Waals surface area contributed by atoms with Crippen molar-refractivity contribution in [2.75, 3.05) is 6.54 Å². The van der Waals surface area contributed by atoms with Crippen molar-refractivity contribution >= 4 is 16.9 Å². The van der Waals surface area contributed by atoms with Crippen LogP contribution in [0, 0.1) is 13.8 Å². The largest absolute Gasteiger partial charge is 0.349 e. The molecular formula is C23H23N5O. The zero-order valence-corrected chi connectivity index (χ0v) is 16.6. The summed E-state index contributed by atoms with van der Waals surface area (Å²) in [5.41, 5.74) is 4.65. The summed E-state index contributed by atoms with van der Waals surface area (Å²) < 4.78 is 3.94. The number of carbonyl (C=O) groups excluding carboxylic acids is 1. The normalized spacial score (nSPS) is 11.0. The molecule has 0 spiro atoms. The minimum atomic E-state index is -0.108. The molecule has 1 N–H and O–H groups in total. The molecule has 0 aliphatic rings. The second-order valence-corrected chi connectivity index (χ2v) is 7.05. The fraction of sp³-hybridized carbons (Fsp3) is 0.174. The van der Waals surface area contributed by atoms with Crippen molar-refractivity contribution in [1.29, 1.82) is 0 Å². The fourth-order valence-corrected chi connectivity index (χ4v) is 3.46. The van der Waals surface area contributed by atoms with Crippen molar-refractivity contribution in [3.63, 3.8) is 0 Å². The number of aromatic nitrogens is 4. The maximum Gasteiger partial charge on any atom is 0.251 e. The lowest BCUT2D eigenvalue weighted by atomic mass is 10.1. The lowest BCUT2D eigenvalue weighted by Crippen LogP contribution is -2.23. The topological polar surface area (TPSA) is 64.7 Å². The minimum Gasteiger partial charge on any atom is -0.349 e. The second-order valence-electron chi connectivity index (χ2n) is 7.05. The summed E-state index contributed by atoms with van der Waals surface area (Å²) in [5, 5.41) is 8.69. The van der Waals surface area contributed by atoms with Crippen molar-refractivity contribution < 1.29 is 4.79 Å². The van der Waals surface area contributed by atoms with Gasteiger partial charge in [0.1, 0.15) is 0 Å². The Labute approximate surface area is 169 Å². The molecule has 0 fully saturated rings. The van der Waals surface area contributed by atoms with Crippen molar-refractivity contribution in [1.82, 2.24) is 24.6 Å². The van der Waals surface area contributed by atoms with Crippen LogP contribution in [-0.2, 0) is 6.54 Å². The minimum absolute atomic E-state index is 0.108. The molecule has 0 saturated carbocycles. The molecule has 0 bridgehead atoms. The highest BCUT2D eigenvalue weighted by Crippen LogP contribution is 2.25. The first-order valence-corrected chi connectivity index (χ1v) is 9.53. The summed E-state index contributed by atoms with van der Waals surface area (Å²) in [6.45, 7) is 8.72. The number of nitrogens with zero attached hydrogens (tertiary/aromatic N) is 4. The van der Waals surface area contributed by atoms with Gasteiger partial charge in [0.2, 0.25) is 0 Å². The van der Waals surface area contributed by atoms with Crippen molar-refractivity contribution in [2.45, 2.75) is 20.4 Å². The van der Waals surface area contributed by atoms with Crippen molar-refractivity contribution in [3.05, 3.63) is 89.9 Å². The van der Waals surface area contributed by atoms with Gasteiger partial charge in [0.05, 0.1) is 11.9 Å². The van der Waals surface area contributed by atoms with Crippen LogP contribution in [0.3, 0.4) is 0 Å². The second kappa shape index (κ2) is 7.75. The first kappa shape index (κ1) is 18.7. The van der Waals surface area contributed by atoms with Gasteiger partial charge < -0.3 is 9.88 Å². The van der Waals surface area contributed by atoms with Crippen LogP contribution in [-0.4, -0.2) is 31.8 Å². The van der Waals surface area contributed by atoms with Crippen LogP contribution >= 0.6 is 0 Å². The molecule has 4 rings (SSSR count). The van der Waals surface area contributed by atoms with Gasteiger partial charge in [-0.15, -0.1) is 6.58 Å². The Balaban J connectivity index is 1.70. The number of aryl methyl sites for hydroxylation is 2. The van der Waals surface area contributed by atoms with E-state index in [9.17, 15) is 4.79 Å². The number of fused-ring (bicyclic) bond motifs is 1. The molecule has 0 saturated heterocycles. The summed E-state index contributed by atoms with van der Waals surface area (Å²) in [4.78, 5) is 16.8. The Bertz CT molecular complexity index is 1170. The molecule has 0 radical (unpaired) electrons. The van der Waals surface area contributed by atoms with E-state index in [2.05, 4.69) is 24.9 Å². The number of rotatable bonds is 6. The summed E-state index contributed by atoms with van der Waals surface area (Å²) >= 11 is 0. The monoisotopic (exact) mass is 385 g/mol. The van der Waals surface area contributed by atoms with Gasteiger partial charge >= 0.3 is 0 Å². The number of hydrogen-bond acceptors (Lipinski definition) is 3. The standard InChI is InChI=1S/C23H23N5O/c1-4-11-24-23(29)19-9-7-18(8-10-19)15-28-21-20(16(2)14-17(3)25-21)22(26-28)27-12-5-6-13-27/h4-10,12-14H,1,11,15H2,2-3H3,(H,24,29). The number of carbonyl (C=O) groups is 1. The molecule has 6 heteroatoms. The molecule has 146 valence electrons. The van der Waals surface area contributed by atoms with Gasteiger partial charge in [0, 0.05) is 30.2 Å². The van der Waals surface area contributed by atoms with E-state index in [1.165, 1.54) is 0 Å². The van der Waals surface area contributed by atoms with E-state index in [0.29, 0.717) is 18.7 Å². The highest BCUT2D eigenvalue weighted by molar-refractivity contribution is 5.94. The predicted octanol–water partition coefficient (Wildman–Crippen LogP) is 3.80. The molecule has 0 atom stereocenters. The van der Waals surface area contributed by atoms with Gasteiger partial charge in [-0.3, -0.25) is 4.79 Å². The molecule has 4 aromatic rings. The number of amides is 1. The van der Waals surface area contributed by atoms with Crippen LogP contribution < -0.4 is 5.32 Å². The Hall–Kier alpha value is -3.67. The Morgan fingerprint density at radius 2 is 1.90 bits per heavy atom. The van der Waals surface area contributed by atoms with E-state index in [1.807, 2.05) is 65.0 Å². The third kappa shape index (κ3) is 3.69. The highest BCUT2D eigenvalue weighted by Gasteiger charge is 2.16. The Kier molecular flexibility index (Phi) is 4.99. The van der Waals surface area contributed by atoms with Gasteiger partial charge in [-0.05, 0) is 55.3 Å². The molecule has 0 aliphatic carbocycles. The Morgan fingerprint density at radius 1 is 1.17 bits per heavy atom. The molecule has 0 unspecified atom stereocenters. The van der Waals surface area contributed by atoms with Crippen LogP contribution in [0.4, 0.5) is 0 Å². The molecule has 3 aromatic heterocycles. The third-order valence-corrected chi connectivity index (χ3v) is 4.81. The molecule has 0 aliphatic heterocycles. The van der Waals surface area contributed by atoms with Gasteiger partial charge in [0.15, 0.2) is 11.5 Å². The Morgan fingerprint density at radius 3 is 2.59 bits per heavy atom. The average molecular weight is 385 g/mol. The smallest absolute Gasteiger partial charge is 0.251 e. The zero-order chi connectivity index (χ0) is 20.4. The summed E-state index contributed by atoms with van der Waals surface area (Å²) in [7, 11) is 0. The van der Waals surface area contributed by atoms with Crippen LogP contribution in [0.25, 0.3) is 16.9 Å². The predicted molar refractivity (Wildman–Crippen MR) is 114 cm³/mol. The quantitative estimate of drug-likeness (QED) is 0.514.